The summed E-state index contributed by atoms with van der Waals surface area (Å²) in [6.45, 7) is 1.19. The molecule has 0 saturated carbocycles. The first kappa shape index (κ1) is 15.7. The van der Waals surface area contributed by atoms with Gasteiger partial charge in [-0.05, 0) is 37.5 Å². The Morgan fingerprint density at radius 3 is 2.95 bits per heavy atom. The number of carbonyl (C=O) groups excluding carboxylic acids is 1. The van der Waals surface area contributed by atoms with E-state index in [1.807, 2.05) is 0 Å². The van der Waals surface area contributed by atoms with Gasteiger partial charge in [0, 0.05) is 6.61 Å². The first-order valence-electron chi connectivity index (χ1n) is 6.94. The van der Waals surface area contributed by atoms with Crippen LogP contribution in [0.3, 0.4) is 0 Å². The van der Waals surface area contributed by atoms with Crippen LogP contribution in [0.5, 0.6) is 5.75 Å². The van der Waals surface area contributed by atoms with E-state index in [0.717, 1.165) is 19.3 Å². The molecule has 1 aromatic rings. The molecule has 1 heterocycles. The summed E-state index contributed by atoms with van der Waals surface area (Å²) < 4.78 is 34.3. The Morgan fingerprint density at radius 2 is 2.24 bits per heavy atom. The summed E-state index contributed by atoms with van der Waals surface area (Å²) in [6.07, 6.45) is 2.81. The zero-order valence-corrected chi connectivity index (χ0v) is 12.0. The number of rotatable bonds is 6. The number of methoxy groups -OCH3 is 1. The Labute approximate surface area is 122 Å². The van der Waals surface area contributed by atoms with Crippen LogP contribution < -0.4 is 4.74 Å². The van der Waals surface area contributed by atoms with E-state index in [2.05, 4.69) is 4.74 Å². The molecule has 0 aliphatic carbocycles. The maximum absolute atomic E-state index is 13.6. The molecule has 1 aliphatic rings. The van der Waals surface area contributed by atoms with Crippen molar-refractivity contribution in [2.45, 2.75) is 25.6 Å². The fourth-order valence-corrected chi connectivity index (χ4v) is 2.03. The number of halogens is 1. The van der Waals surface area contributed by atoms with Crippen molar-refractivity contribution in [1.29, 1.82) is 0 Å². The van der Waals surface area contributed by atoms with Gasteiger partial charge in [-0.25, -0.2) is 9.18 Å². The molecule has 2 rings (SSSR count). The molecule has 1 aromatic carbocycles. The molecular formula is C15H19FO5. The Bertz CT molecular complexity index is 471. The monoisotopic (exact) mass is 298 g/mol. The Hall–Kier alpha value is -1.66. The van der Waals surface area contributed by atoms with E-state index in [-0.39, 0.29) is 24.2 Å². The molecule has 0 radical (unpaired) electrons. The number of esters is 1. The Balaban J connectivity index is 1.80. The first-order valence-corrected chi connectivity index (χ1v) is 6.94. The highest BCUT2D eigenvalue weighted by atomic mass is 19.1. The summed E-state index contributed by atoms with van der Waals surface area (Å²) in [5, 5.41) is 0. The number of carbonyl (C=O) groups is 1. The smallest absolute Gasteiger partial charge is 0.337 e. The van der Waals surface area contributed by atoms with Gasteiger partial charge in [-0.3, -0.25) is 0 Å². The molecule has 5 nitrogen and oxygen atoms in total. The molecule has 1 atom stereocenters. The molecule has 21 heavy (non-hydrogen) atoms. The second-order valence-corrected chi connectivity index (χ2v) is 4.65. The molecule has 1 fully saturated rings. The topological polar surface area (TPSA) is 54.0 Å². The van der Waals surface area contributed by atoms with Crippen LogP contribution in [-0.4, -0.2) is 39.2 Å². The van der Waals surface area contributed by atoms with Crippen molar-refractivity contribution in [3.05, 3.63) is 29.6 Å². The van der Waals surface area contributed by atoms with Crippen molar-refractivity contribution in [3.8, 4) is 5.75 Å². The highest BCUT2D eigenvalue weighted by molar-refractivity contribution is 5.89. The van der Waals surface area contributed by atoms with Gasteiger partial charge in [0.2, 0.25) is 0 Å². The molecule has 1 saturated heterocycles. The SMILES string of the molecule is COC(=O)c1ccc(F)c(OCCOC2CCCCO2)c1. The van der Waals surface area contributed by atoms with Crippen molar-refractivity contribution in [2.75, 3.05) is 26.9 Å². The second-order valence-electron chi connectivity index (χ2n) is 4.65. The van der Waals surface area contributed by atoms with Gasteiger partial charge in [-0.1, -0.05) is 0 Å². The van der Waals surface area contributed by atoms with Crippen LogP contribution in [0.15, 0.2) is 18.2 Å². The lowest BCUT2D eigenvalue weighted by Crippen LogP contribution is -2.24. The van der Waals surface area contributed by atoms with Gasteiger partial charge in [0.05, 0.1) is 19.3 Å². The fourth-order valence-electron chi connectivity index (χ4n) is 2.03. The summed E-state index contributed by atoms with van der Waals surface area (Å²) in [4.78, 5) is 11.4. The number of ether oxygens (including phenoxy) is 4. The van der Waals surface area contributed by atoms with Gasteiger partial charge in [0.15, 0.2) is 17.9 Å². The Kier molecular flexibility index (Phi) is 5.95. The lowest BCUT2D eigenvalue weighted by atomic mass is 10.2. The third-order valence-corrected chi connectivity index (χ3v) is 3.13. The predicted octanol–water partition coefficient (Wildman–Crippen LogP) is 2.53. The summed E-state index contributed by atoms with van der Waals surface area (Å²) in [7, 11) is 1.27. The normalized spacial score (nSPS) is 18.3. The molecule has 116 valence electrons. The van der Waals surface area contributed by atoms with Gasteiger partial charge >= 0.3 is 5.97 Å². The minimum Gasteiger partial charge on any atom is -0.488 e. The van der Waals surface area contributed by atoms with Crippen LogP contribution in [0, 0.1) is 5.82 Å². The maximum Gasteiger partial charge on any atom is 0.337 e. The average Bonchev–Trinajstić information content (AvgIpc) is 2.53. The van der Waals surface area contributed by atoms with E-state index in [1.165, 1.54) is 25.3 Å². The summed E-state index contributed by atoms with van der Waals surface area (Å²) in [6, 6.07) is 3.84. The molecule has 0 aromatic heterocycles. The summed E-state index contributed by atoms with van der Waals surface area (Å²) in [5.41, 5.74) is 0.241. The molecule has 6 heteroatoms. The van der Waals surface area contributed by atoms with Crippen molar-refractivity contribution >= 4 is 5.97 Å². The van der Waals surface area contributed by atoms with Crippen molar-refractivity contribution in [2.24, 2.45) is 0 Å². The third kappa shape index (κ3) is 4.68. The fraction of sp³-hybridized carbons (Fsp3) is 0.533. The van der Waals surface area contributed by atoms with Crippen molar-refractivity contribution < 1.29 is 28.1 Å². The van der Waals surface area contributed by atoms with E-state index in [9.17, 15) is 9.18 Å². The number of benzene rings is 1. The predicted molar refractivity (Wildman–Crippen MR) is 72.8 cm³/mol. The minimum absolute atomic E-state index is 0.00561. The van der Waals surface area contributed by atoms with Gasteiger partial charge in [0.25, 0.3) is 0 Å². The van der Waals surface area contributed by atoms with Gasteiger partial charge in [-0.2, -0.15) is 0 Å². The molecule has 0 amide bonds. The molecule has 1 aliphatic heterocycles. The van der Waals surface area contributed by atoms with Crippen molar-refractivity contribution in [1.82, 2.24) is 0 Å². The summed E-state index contributed by atoms with van der Waals surface area (Å²) in [5.74, 6) is -1.06. The van der Waals surface area contributed by atoms with E-state index in [1.54, 1.807) is 0 Å². The molecular weight excluding hydrogens is 279 g/mol. The van der Waals surface area contributed by atoms with E-state index in [0.29, 0.717) is 13.2 Å². The number of hydrogen-bond donors (Lipinski definition) is 0. The zero-order chi connectivity index (χ0) is 15.1. The molecule has 0 bridgehead atoms. The highest BCUT2D eigenvalue weighted by Gasteiger charge is 2.14. The van der Waals surface area contributed by atoms with Gasteiger partial charge < -0.3 is 18.9 Å². The summed E-state index contributed by atoms with van der Waals surface area (Å²) >= 11 is 0. The van der Waals surface area contributed by atoms with Crippen LogP contribution >= 0.6 is 0 Å². The van der Waals surface area contributed by atoms with Gasteiger partial charge in [0.1, 0.15) is 6.61 Å². The molecule has 0 N–H and O–H groups in total. The quantitative estimate of drug-likeness (QED) is 0.596. The average molecular weight is 298 g/mol. The van der Waals surface area contributed by atoms with Crippen LogP contribution in [0.4, 0.5) is 4.39 Å². The lowest BCUT2D eigenvalue weighted by molar-refractivity contribution is -0.165. The maximum atomic E-state index is 13.6. The second kappa shape index (κ2) is 7.95. The van der Waals surface area contributed by atoms with Gasteiger partial charge in [-0.15, -0.1) is 0 Å². The highest BCUT2D eigenvalue weighted by Crippen LogP contribution is 2.19. The zero-order valence-electron chi connectivity index (χ0n) is 12.0. The Morgan fingerprint density at radius 1 is 1.38 bits per heavy atom. The van der Waals surface area contributed by atoms with Crippen molar-refractivity contribution in [3.63, 3.8) is 0 Å². The number of hydrogen-bond acceptors (Lipinski definition) is 5. The standard InChI is InChI=1S/C15H19FO5/c1-18-15(17)11-5-6-12(16)13(10-11)19-8-9-21-14-4-2-3-7-20-14/h5-6,10,14H,2-4,7-9H2,1H3. The van der Waals surface area contributed by atoms with Crippen LogP contribution in [0.25, 0.3) is 0 Å². The van der Waals surface area contributed by atoms with Crippen LogP contribution in [0.2, 0.25) is 0 Å². The third-order valence-electron chi connectivity index (χ3n) is 3.13. The molecule has 0 spiro atoms. The van der Waals surface area contributed by atoms with E-state index >= 15 is 0 Å². The largest absolute Gasteiger partial charge is 0.488 e. The van der Waals surface area contributed by atoms with E-state index in [4.69, 9.17) is 14.2 Å². The first-order chi connectivity index (χ1) is 10.2. The van der Waals surface area contributed by atoms with E-state index < -0.39 is 11.8 Å². The lowest BCUT2D eigenvalue weighted by Gasteiger charge is -2.22. The minimum atomic E-state index is -0.535. The van der Waals surface area contributed by atoms with Crippen LogP contribution in [-0.2, 0) is 14.2 Å². The van der Waals surface area contributed by atoms with Crippen LogP contribution in [0.1, 0.15) is 29.6 Å². The molecule has 1 unspecified atom stereocenters.